The van der Waals surface area contributed by atoms with Crippen molar-refractivity contribution in [3.8, 4) is 6.07 Å². The maximum atomic E-state index is 13.1. The molecule has 3 heterocycles. The van der Waals surface area contributed by atoms with E-state index in [1.807, 2.05) is 73.3 Å². The van der Waals surface area contributed by atoms with Crippen molar-refractivity contribution in [1.82, 2.24) is 4.90 Å². The van der Waals surface area contributed by atoms with E-state index in [1.165, 1.54) is 4.88 Å². The second-order valence-electron chi connectivity index (χ2n) is 8.18. The highest BCUT2D eigenvalue weighted by Crippen LogP contribution is 2.40. The number of carbonyl (C=O) groups excluding carboxylic acids is 2. The Hall–Kier alpha value is -3.83. The van der Waals surface area contributed by atoms with E-state index in [1.54, 1.807) is 28.6 Å². The first-order valence-corrected chi connectivity index (χ1v) is 11.8. The summed E-state index contributed by atoms with van der Waals surface area (Å²) in [7, 11) is 3.67. The number of nitriles is 1. The van der Waals surface area contributed by atoms with Crippen LogP contribution in [0.5, 0.6) is 0 Å². The molecule has 0 saturated heterocycles. The Morgan fingerprint density at radius 3 is 2.26 bits per heavy atom. The second kappa shape index (κ2) is 9.98. The summed E-state index contributed by atoms with van der Waals surface area (Å²) in [4.78, 5) is 33.8. The lowest BCUT2D eigenvalue weighted by molar-refractivity contribution is -0.134. The van der Waals surface area contributed by atoms with Gasteiger partial charge in [-0.1, -0.05) is 12.1 Å². The number of furan rings is 1. The third-order valence-electron chi connectivity index (χ3n) is 5.84. The summed E-state index contributed by atoms with van der Waals surface area (Å²) < 4.78 is 5.44. The highest BCUT2D eigenvalue weighted by atomic mass is 32.1. The minimum Gasteiger partial charge on any atom is -0.467 e. The van der Waals surface area contributed by atoms with Gasteiger partial charge in [0.1, 0.15) is 23.2 Å². The zero-order chi connectivity index (χ0) is 24.2. The van der Waals surface area contributed by atoms with E-state index in [0.717, 1.165) is 16.3 Å². The Morgan fingerprint density at radius 1 is 1.00 bits per heavy atom. The Balaban J connectivity index is 1.49. The summed E-state index contributed by atoms with van der Waals surface area (Å²) in [6, 6.07) is 17.5. The highest BCUT2D eigenvalue weighted by molar-refractivity contribution is 7.11. The van der Waals surface area contributed by atoms with Gasteiger partial charge < -0.3 is 19.1 Å². The lowest BCUT2D eigenvalue weighted by Gasteiger charge is -2.22. The molecule has 1 aliphatic rings. The summed E-state index contributed by atoms with van der Waals surface area (Å²) in [6.45, 7) is 2.79. The van der Waals surface area contributed by atoms with Crippen LogP contribution in [0.4, 0.5) is 11.4 Å². The van der Waals surface area contributed by atoms with Crippen molar-refractivity contribution in [2.75, 3.05) is 23.9 Å². The topological polar surface area (TPSA) is 80.8 Å². The van der Waals surface area contributed by atoms with Gasteiger partial charge in [0, 0.05) is 36.7 Å². The number of nitrogens with zero attached hydrogens (tertiary/aromatic N) is 4. The minimum absolute atomic E-state index is 0.0166. The van der Waals surface area contributed by atoms with Crippen molar-refractivity contribution >= 4 is 34.4 Å². The van der Waals surface area contributed by atoms with Crippen LogP contribution in [0.15, 0.2) is 70.6 Å². The zero-order valence-electron chi connectivity index (χ0n) is 19.4. The van der Waals surface area contributed by atoms with Gasteiger partial charge in [0.15, 0.2) is 5.78 Å². The number of para-hydroxylation sites is 2. The molecule has 0 spiro atoms. The molecule has 3 aromatic rings. The molecule has 8 heteroatoms. The fourth-order valence-electron chi connectivity index (χ4n) is 4.14. The van der Waals surface area contributed by atoms with Crippen molar-refractivity contribution in [1.29, 1.82) is 5.26 Å². The van der Waals surface area contributed by atoms with Crippen LogP contribution in [0.1, 0.15) is 28.4 Å². The smallest absolute Gasteiger partial charge is 0.223 e. The summed E-state index contributed by atoms with van der Waals surface area (Å²) >= 11 is 1.64. The molecule has 0 radical (unpaired) electrons. The number of Topliss-reactive ketones (excluding diaryl/α,β-unsaturated/α-hetero) is 1. The molecule has 1 aromatic carbocycles. The number of aryl methyl sites for hydroxylation is 1. The average Bonchev–Trinajstić information content (AvgIpc) is 3.55. The van der Waals surface area contributed by atoms with Crippen LogP contribution >= 0.6 is 11.3 Å². The summed E-state index contributed by atoms with van der Waals surface area (Å²) in [6.07, 6.45) is 1.55. The Labute approximate surface area is 203 Å². The Morgan fingerprint density at radius 2 is 1.71 bits per heavy atom. The van der Waals surface area contributed by atoms with Gasteiger partial charge in [0.2, 0.25) is 5.91 Å². The van der Waals surface area contributed by atoms with Crippen LogP contribution in [0, 0.1) is 18.3 Å². The highest BCUT2D eigenvalue weighted by Gasteiger charge is 2.31. The number of carbonyl (C=O) groups is 2. The molecule has 0 aliphatic carbocycles. The molecule has 0 saturated carbocycles. The van der Waals surface area contributed by atoms with Gasteiger partial charge in [-0.25, -0.2) is 0 Å². The molecule has 7 nitrogen and oxygen atoms in total. The quantitative estimate of drug-likeness (QED) is 0.343. The number of ketones is 1. The third-order valence-corrected chi connectivity index (χ3v) is 6.83. The van der Waals surface area contributed by atoms with Crippen molar-refractivity contribution in [3.05, 3.63) is 81.7 Å². The Bertz CT molecular complexity index is 1240. The molecular weight excluding hydrogens is 448 g/mol. The lowest BCUT2D eigenvalue weighted by Crippen LogP contribution is -2.30. The van der Waals surface area contributed by atoms with Gasteiger partial charge in [-0.15, -0.1) is 11.3 Å². The molecule has 0 unspecified atom stereocenters. The number of allylic oxidation sites excluding steroid dienone is 1. The van der Waals surface area contributed by atoms with Crippen molar-refractivity contribution in [2.24, 2.45) is 0 Å². The summed E-state index contributed by atoms with van der Waals surface area (Å²) in [5.41, 5.74) is 1.90. The molecule has 2 aromatic heterocycles. The number of thiophene rings is 1. The SMILES string of the molecule is Cc1ccc(CN(Cc2ccco2)C(=O)CCC(=O)C(C#N)=C2N(C)c3ccccc3N2C)s1. The molecule has 0 bridgehead atoms. The largest absolute Gasteiger partial charge is 0.467 e. The van der Waals surface area contributed by atoms with Crippen LogP contribution in [0.25, 0.3) is 0 Å². The predicted octanol–water partition coefficient (Wildman–Crippen LogP) is 4.85. The molecule has 174 valence electrons. The molecule has 0 N–H and O–H groups in total. The first kappa shape index (κ1) is 23.3. The number of hydrogen-bond acceptors (Lipinski definition) is 7. The maximum Gasteiger partial charge on any atom is 0.223 e. The van der Waals surface area contributed by atoms with Gasteiger partial charge in [-0.05, 0) is 43.3 Å². The van der Waals surface area contributed by atoms with Crippen LogP contribution < -0.4 is 9.80 Å². The van der Waals surface area contributed by atoms with E-state index in [4.69, 9.17) is 4.42 Å². The van der Waals surface area contributed by atoms with Crippen LogP contribution in [-0.2, 0) is 22.7 Å². The van der Waals surface area contributed by atoms with Crippen LogP contribution in [0.3, 0.4) is 0 Å². The molecule has 1 amide bonds. The zero-order valence-corrected chi connectivity index (χ0v) is 20.3. The van der Waals surface area contributed by atoms with E-state index in [0.29, 0.717) is 24.7 Å². The average molecular weight is 475 g/mol. The summed E-state index contributed by atoms with van der Waals surface area (Å²) in [5.74, 6) is 0.708. The number of amides is 1. The van der Waals surface area contributed by atoms with Gasteiger partial charge in [-0.2, -0.15) is 5.26 Å². The van der Waals surface area contributed by atoms with E-state index in [-0.39, 0.29) is 30.1 Å². The van der Waals surface area contributed by atoms with Gasteiger partial charge in [0.25, 0.3) is 0 Å². The number of fused-ring (bicyclic) bond motifs is 1. The van der Waals surface area contributed by atoms with E-state index < -0.39 is 0 Å². The first-order valence-electron chi connectivity index (χ1n) is 11.0. The van der Waals surface area contributed by atoms with Crippen molar-refractivity contribution < 1.29 is 14.0 Å². The number of benzene rings is 1. The standard InChI is InChI=1S/C26H26N4O3S/c1-18-10-11-20(34-18)17-30(16-19-7-6-14-33-19)25(32)13-12-24(31)21(15-27)26-28(2)22-8-4-5-9-23(22)29(26)3/h4-11,14H,12-13,16-17H2,1-3H3. The molecule has 34 heavy (non-hydrogen) atoms. The fourth-order valence-corrected chi connectivity index (χ4v) is 5.05. The van der Waals surface area contributed by atoms with E-state index >= 15 is 0 Å². The van der Waals surface area contributed by atoms with Crippen LogP contribution in [0.2, 0.25) is 0 Å². The second-order valence-corrected chi connectivity index (χ2v) is 9.55. The first-order chi connectivity index (χ1) is 16.4. The molecule has 1 aliphatic heterocycles. The van der Waals surface area contributed by atoms with Crippen LogP contribution in [-0.4, -0.2) is 30.7 Å². The fraction of sp³-hybridized carbons (Fsp3) is 0.269. The van der Waals surface area contributed by atoms with Gasteiger partial charge >= 0.3 is 0 Å². The maximum absolute atomic E-state index is 13.1. The Kier molecular flexibility index (Phi) is 6.85. The third kappa shape index (κ3) is 4.75. The monoisotopic (exact) mass is 474 g/mol. The number of rotatable bonds is 8. The molecule has 4 rings (SSSR count). The van der Waals surface area contributed by atoms with Crippen molar-refractivity contribution in [2.45, 2.75) is 32.9 Å². The van der Waals surface area contributed by atoms with E-state index in [9.17, 15) is 14.9 Å². The number of anilines is 2. The van der Waals surface area contributed by atoms with E-state index in [2.05, 4.69) is 6.07 Å². The molecule has 0 atom stereocenters. The number of hydrogen-bond donors (Lipinski definition) is 0. The normalized spacial score (nSPS) is 12.5. The predicted molar refractivity (Wildman–Crippen MR) is 132 cm³/mol. The minimum atomic E-state index is -0.345. The van der Waals surface area contributed by atoms with Gasteiger partial charge in [0.05, 0.1) is 30.7 Å². The lowest BCUT2D eigenvalue weighted by atomic mass is 10.1. The summed E-state index contributed by atoms with van der Waals surface area (Å²) in [5, 5.41) is 9.83. The van der Waals surface area contributed by atoms with Gasteiger partial charge in [-0.3, -0.25) is 9.59 Å². The molecular formula is C26H26N4O3S. The van der Waals surface area contributed by atoms with Crippen molar-refractivity contribution in [3.63, 3.8) is 0 Å². The molecule has 0 fully saturated rings.